The molecule has 0 unspecified atom stereocenters. The summed E-state index contributed by atoms with van der Waals surface area (Å²) in [5.41, 5.74) is 0.747. The fourth-order valence-electron chi connectivity index (χ4n) is 3.11. The van der Waals surface area contributed by atoms with Gasteiger partial charge in [0.25, 0.3) is 0 Å². The van der Waals surface area contributed by atoms with Crippen molar-refractivity contribution >= 4 is 23.6 Å². The van der Waals surface area contributed by atoms with E-state index in [4.69, 9.17) is 0 Å². The molecule has 1 saturated heterocycles. The Kier molecular flexibility index (Phi) is 7.59. The molecule has 1 fully saturated rings. The zero-order chi connectivity index (χ0) is 20.6. The summed E-state index contributed by atoms with van der Waals surface area (Å²) in [5, 5.41) is 14.2. The van der Waals surface area contributed by atoms with Crippen molar-refractivity contribution in [2.24, 2.45) is 0 Å². The summed E-state index contributed by atoms with van der Waals surface area (Å²) in [7, 11) is 1.51. The zero-order valence-electron chi connectivity index (χ0n) is 16.4. The molecule has 1 aromatic carbocycles. The Morgan fingerprint density at radius 2 is 1.83 bits per heavy atom. The molecule has 0 saturated carbocycles. The highest BCUT2D eigenvalue weighted by atomic mass is 32.2. The summed E-state index contributed by atoms with van der Waals surface area (Å²) in [6.45, 7) is 2.61. The van der Waals surface area contributed by atoms with Gasteiger partial charge in [0.2, 0.25) is 11.8 Å². The molecule has 0 atom stereocenters. The fraction of sp³-hybridized carbons (Fsp3) is 0.474. The summed E-state index contributed by atoms with van der Waals surface area (Å²) < 4.78 is 15.3. The van der Waals surface area contributed by atoms with E-state index >= 15 is 0 Å². The molecular formula is C19H25FN6O2S. The summed E-state index contributed by atoms with van der Waals surface area (Å²) in [5.74, 6) is 0.000450. The lowest BCUT2D eigenvalue weighted by atomic mass is 10.1. The van der Waals surface area contributed by atoms with Crippen LogP contribution in [0.3, 0.4) is 0 Å². The van der Waals surface area contributed by atoms with E-state index in [-0.39, 0.29) is 29.9 Å². The average molecular weight is 421 g/mol. The number of aromatic nitrogens is 3. The van der Waals surface area contributed by atoms with Gasteiger partial charge < -0.3 is 10.6 Å². The second-order valence-corrected chi connectivity index (χ2v) is 7.73. The minimum absolute atomic E-state index is 0.0687. The van der Waals surface area contributed by atoms with Gasteiger partial charge in [-0.05, 0) is 50.2 Å². The number of hydrogen-bond acceptors (Lipinski definition) is 6. The third-order valence-corrected chi connectivity index (χ3v) is 5.59. The minimum Gasteiger partial charge on any atom is -0.358 e. The first kappa shape index (κ1) is 21.3. The molecule has 2 aromatic rings. The summed E-state index contributed by atoms with van der Waals surface area (Å²) >= 11 is 1.23. The van der Waals surface area contributed by atoms with Crippen LogP contribution in [-0.2, 0) is 16.1 Å². The molecule has 0 spiro atoms. The van der Waals surface area contributed by atoms with Crippen LogP contribution in [0.25, 0.3) is 5.69 Å². The summed E-state index contributed by atoms with van der Waals surface area (Å²) in [6, 6.07) is 6.14. The third-order valence-electron chi connectivity index (χ3n) is 4.66. The molecule has 1 aliphatic rings. The number of rotatable bonds is 8. The predicted octanol–water partition coefficient (Wildman–Crippen LogP) is 1.35. The standard InChI is InChI=1S/C19H25FN6O2S/c1-21-17(27)11-22-18(28)13-29-19-24-23-16(12-25-9-3-2-4-10-25)26(19)15-7-5-14(20)6-8-15/h5-8H,2-4,9-13H2,1H3,(H,21,27)(H,22,28). The van der Waals surface area contributed by atoms with Crippen molar-refractivity contribution in [1.29, 1.82) is 0 Å². The van der Waals surface area contributed by atoms with Crippen LogP contribution in [0.1, 0.15) is 25.1 Å². The smallest absolute Gasteiger partial charge is 0.239 e. The van der Waals surface area contributed by atoms with Crippen LogP contribution in [0.4, 0.5) is 4.39 Å². The van der Waals surface area contributed by atoms with Gasteiger partial charge in [0.05, 0.1) is 18.8 Å². The number of carbonyl (C=O) groups excluding carboxylic acids is 2. The normalized spacial score (nSPS) is 14.6. The van der Waals surface area contributed by atoms with E-state index in [0.717, 1.165) is 37.4 Å². The molecule has 0 radical (unpaired) electrons. The van der Waals surface area contributed by atoms with Crippen LogP contribution in [-0.4, -0.2) is 63.9 Å². The third kappa shape index (κ3) is 6.01. The SMILES string of the molecule is CNC(=O)CNC(=O)CSc1nnc(CN2CCCCC2)n1-c1ccc(F)cc1. The number of thioether (sulfide) groups is 1. The van der Waals surface area contributed by atoms with Crippen molar-refractivity contribution in [3.8, 4) is 5.69 Å². The summed E-state index contributed by atoms with van der Waals surface area (Å²) in [6.07, 6.45) is 3.57. The van der Waals surface area contributed by atoms with Gasteiger partial charge in [0, 0.05) is 12.7 Å². The number of likely N-dealkylation sites (tertiary alicyclic amines) is 1. The molecule has 156 valence electrons. The topological polar surface area (TPSA) is 92.2 Å². The number of benzene rings is 1. The lowest BCUT2D eigenvalue weighted by Crippen LogP contribution is -2.36. The number of nitrogens with zero attached hydrogens (tertiary/aromatic N) is 4. The highest BCUT2D eigenvalue weighted by Crippen LogP contribution is 2.24. The zero-order valence-corrected chi connectivity index (χ0v) is 17.2. The van der Waals surface area contributed by atoms with Gasteiger partial charge in [-0.25, -0.2) is 4.39 Å². The Bertz CT molecular complexity index is 836. The Balaban J connectivity index is 1.74. The van der Waals surface area contributed by atoms with Crippen LogP contribution < -0.4 is 10.6 Å². The Hall–Kier alpha value is -2.46. The largest absolute Gasteiger partial charge is 0.358 e. The van der Waals surface area contributed by atoms with E-state index in [9.17, 15) is 14.0 Å². The van der Waals surface area contributed by atoms with Gasteiger partial charge in [0.1, 0.15) is 5.82 Å². The van der Waals surface area contributed by atoms with Crippen molar-refractivity contribution < 1.29 is 14.0 Å². The summed E-state index contributed by atoms with van der Waals surface area (Å²) in [4.78, 5) is 25.6. The van der Waals surface area contributed by atoms with E-state index in [1.165, 1.54) is 37.4 Å². The molecule has 1 aliphatic heterocycles. The molecular weight excluding hydrogens is 395 g/mol. The van der Waals surface area contributed by atoms with Crippen molar-refractivity contribution in [2.45, 2.75) is 31.0 Å². The van der Waals surface area contributed by atoms with E-state index in [1.807, 2.05) is 4.57 Å². The maximum absolute atomic E-state index is 13.4. The molecule has 1 aromatic heterocycles. The van der Waals surface area contributed by atoms with Crippen LogP contribution in [0.2, 0.25) is 0 Å². The van der Waals surface area contributed by atoms with Gasteiger partial charge in [-0.3, -0.25) is 19.1 Å². The van der Waals surface area contributed by atoms with E-state index < -0.39 is 0 Å². The highest BCUT2D eigenvalue weighted by Gasteiger charge is 2.19. The first-order chi connectivity index (χ1) is 14.1. The number of piperidine rings is 1. The maximum atomic E-state index is 13.4. The first-order valence-electron chi connectivity index (χ1n) is 9.59. The molecule has 2 heterocycles. The number of hydrogen-bond donors (Lipinski definition) is 2. The van der Waals surface area contributed by atoms with Crippen molar-refractivity contribution in [1.82, 2.24) is 30.3 Å². The Morgan fingerprint density at radius 1 is 1.10 bits per heavy atom. The molecule has 2 amide bonds. The van der Waals surface area contributed by atoms with E-state index in [0.29, 0.717) is 11.7 Å². The predicted molar refractivity (Wildman–Crippen MR) is 108 cm³/mol. The number of likely N-dealkylation sites (N-methyl/N-ethyl adjacent to an activating group) is 1. The first-order valence-corrected chi connectivity index (χ1v) is 10.6. The van der Waals surface area contributed by atoms with Gasteiger partial charge in [-0.15, -0.1) is 10.2 Å². The monoisotopic (exact) mass is 420 g/mol. The minimum atomic E-state index is -0.317. The number of halogens is 1. The number of carbonyl (C=O) groups is 2. The Labute approximate surface area is 173 Å². The van der Waals surface area contributed by atoms with Crippen molar-refractivity contribution in [3.05, 3.63) is 35.9 Å². The van der Waals surface area contributed by atoms with Crippen molar-refractivity contribution in [3.63, 3.8) is 0 Å². The molecule has 0 aliphatic carbocycles. The Morgan fingerprint density at radius 3 is 2.52 bits per heavy atom. The number of amides is 2. The van der Waals surface area contributed by atoms with Gasteiger partial charge in [0.15, 0.2) is 11.0 Å². The van der Waals surface area contributed by atoms with E-state index in [2.05, 4.69) is 25.7 Å². The molecule has 8 nitrogen and oxygen atoms in total. The molecule has 2 N–H and O–H groups in total. The molecule has 29 heavy (non-hydrogen) atoms. The molecule has 0 bridgehead atoms. The fourth-order valence-corrected chi connectivity index (χ4v) is 3.91. The van der Waals surface area contributed by atoms with Crippen LogP contribution in [0.5, 0.6) is 0 Å². The van der Waals surface area contributed by atoms with Crippen LogP contribution in [0.15, 0.2) is 29.4 Å². The maximum Gasteiger partial charge on any atom is 0.239 e. The van der Waals surface area contributed by atoms with E-state index in [1.54, 1.807) is 12.1 Å². The average Bonchev–Trinajstić information content (AvgIpc) is 3.14. The quantitative estimate of drug-likeness (QED) is 0.627. The second kappa shape index (κ2) is 10.4. The van der Waals surface area contributed by atoms with Gasteiger partial charge in [-0.1, -0.05) is 18.2 Å². The lowest BCUT2D eigenvalue weighted by molar-refractivity contribution is -0.124. The van der Waals surface area contributed by atoms with Crippen LogP contribution in [0, 0.1) is 5.82 Å². The van der Waals surface area contributed by atoms with Crippen molar-refractivity contribution in [2.75, 3.05) is 32.4 Å². The number of nitrogens with one attached hydrogen (secondary N) is 2. The highest BCUT2D eigenvalue weighted by molar-refractivity contribution is 7.99. The molecule has 3 rings (SSSR count). The molecule has 10 heteroatoms. The van der Waals surface area contributed by atoms with Gasteiger partial charge >= 0.3 is 0 Å². The van der Waals surface area contributed by atoms with Gasteiger partial charge in [-0.2, -0.15) is 0 Å². The second-order valence-electron chi connectivity index (χ2n) is 6.79. The van der Waals surface area contributed by atoms with Crippen LogP contribution >= 0.6 is 11.8 Å². The lowest BCUT2D eigenvalue weighted by Gasteiger charge is -2.26.